The number of phenolic OH excluding ortho intramolecular Hbond substituents is 1. The summed E-state index contributed by atoms with van der Waals surface area (Å²) in [6.07, 6.45) is 3.48. The van der Waals surface area contributed by atoms with Crippen molar-refractivity contribution in [3.63, 3.8) is 0 Å². The molecule has 3 aromatic carbocycles. The molecule has 1 aliphatic rings. The normalized spacial score (nSPS) is 17.9. The van der Waals surface area contributed by atoms with Crippen LogP contribution in [0.25, 0.3) is 11.1 Å². The van der Waals surface area contributed by atoms with Crippen molar-refractivity contribution in [2.24, 2.45) is 5.92 Å². The SMILES string of the molecule is CC/C(=C(\c1ccc(O)cc1)c1ccc(OC[C@@H](C)N2CC[C@H](CC)C2)cc1)c1ccccc1. The van der Waals surface area contributed by atoms with E-state index >= 15 is 0 Å². The lowest BCUT2D eigenvalue weighted by Crippen LogP contribution is -2.35. The van der Waals surface area contributed by atoms with Crippen LogP contribution in [-0.2, 0) is 0 Å². The minimum Gasteiger partial charge on any atom is -0.508 e. The number of allylic oxidation sites excluding steroid dienone is 1. The van der Waals surface area contributed by atoms with Crippen LogP contribution < -0.4 is 4.74 Å². The third-order valence-electron chi connectivity index (χ3n) is 7.09. The highest BCUT2D eigenvalue weighted by atomic mass is 16.5. The summed E-state index contributed by atoms with van der Waals surface area (Å²) >= 11 is 0. The van der Waals surface area contributed by atoms with Crippen LogP contribution in [0.2, 0.25) is 0 Å². The standard InChI is InChI=1S/C31H37NO2/c1-4-24-19-20-32(21-24)23(3)22-34-29-17-13-27(14-18-29)31(26-11-15-28(33)16-12-26)30(5-2)25-9-7-6-8-10-25/h6-18,23-24,33H,4-5,19-22H2,1-3H3/b31-30-/t23-,24+/m1/s1. The molecule has 0 radical (unpaired) electrons. The second-order valence-electron chi connectivity index (χ2n) is 9.36. The van der Waals surface area contributed by atoms with Crippen LogP contribution >= 0.6 is 0 Å². The van der Waals surface area contributed by atoms with Crippen LogP contribution in [0.4, 0.5) is 0 Å². The molecule has 1 fully saturated rings. The van der Waals surface area contributed by atoms with Gasteiger partial charge in [0.05, 0.1) is 0 Å². The van der Waals surface area contributed by atoms with Gasteiger partial charge in [-0.1, -0.05) is 74.9 Å². The average molecular weight is 456 g/mol. The van der Waals surface area contributed by atoms with Crippen molar-refractivity contribution in [1.29, 1.82) is 0 Å². The predicted molar refractivity (Wildman–Crippen MR) is 142 cm³/mol. The number of phenols is 1. The Morgan fingerprint density at radius 1 is 0.912 bits per heavy atom. The first-order valence-electron chi connectivity index (χ1n) is 12.6. The molecule has 1 aliphatic heterocycles. The molecule has 0 unspecified atom stereocenters. The van der Waals surface area contributed by atoms with E-state index in [1.807, 2.05) is 12.1 Å². The molecule has 0 saturated carbocycles. The number of rotatable bonds is 9. The second-order valence-corrected chi connectivity index (χ2v) is 9.36. The van der Waals surface area contributed by atoms with Gasteiger partial charge in [0.15, 0.2) is 0 Å². The number of nitrogens with zero attached hydrogens (tertiary/aromatic N) is 1. The van der Waals surface area contributed by atoms with E-state index < -0.39 is 0 Å². The van der Waals surface area contributed by atoms with Gasteiger partial charge in [0.25, 0.3) is 0 Å². The molecule has 1 N–H and O–H groups in total. The van der Waals surface area contributed by atoms with Crippen molar-refractivity contribution in [3.05, 3.63) is 95.6 Å². The van der Waals surface area contributed by atoms with E-state index in [-0.39, 0.29) is 5.75 Å². The van der Waals surface area contributed by atoms with Crippen LogP contribution in [0.3, 0.4) is 0 Å². The first-order valence-corrected chi connectivity index (χ1v) is 12.6. The lowest BCUT2D eigenvalue weighted by atomic mass is 9.88. The molecule has 4 rings (SSSR count). The van der Waals surface area contributed by atoms with Crippen LogP contribution in [0, 0.1) is 5.92 Å². The third-order valence-corrected chi connectivity index (χ3v) is 7.09. The molecule has 178 valence electrons. The van der Waals surface area contributed by atoms with E-state index in [2.05, 4.69) is 80.3 Å². The fourth-order valence-corrected chi connectivity index (χ4v) is 4.94. The zero-order valence-corrected chi connectivity index (χ0v) is 20.7. The fourth-order valence-electron chi connectivity index (χ4n) is 4.94. The molecule has 34 heavy (non-hydrogen) atoms. The number of likely N-dealkylation sites (tertiary alicyclic amines) is 1. The van der Waals surface area contributed by atoms with E-state index in [1.54, 1.807) is 12.1 Å². The molecule has 0 aromatic heterocycles. The minimum atomic E-state index is 0.280. The summed E-state index contributed by atoms with van der Waals surface area (Å²) in [5.41, 5.74) is 5.94. The molecule has 0 bridgehead atoms. The van der Waals surface area contributed by atoms with E-state index in [0.29, 0.717) is 12.6 Å². The van der Waals surface area contributed by atoms with E-state index in [9.17, 15) is 5.11 Å². The summed E-state index contributed by atoms with van der Waals surface area (Å²) in [6, 6.07) is 27.0. The molecule has 3 aromatic rings. The van der Waals surface area contributed by atoms with Gasteiger partial charge in [-0.05, 0) is 84.3 Å². The Morgan fingerprint density at radius 3 is 2.15 bits per heavy atom. The van der Waals surface area contributed by atoms with Gasteiger partial charge in [-0.3, -0.25) is 4.90 Å². The Balaban J connectivity index is 1.57. The van der Waals surface area contributed by atoms with E-state index in [4.69, 9.17) is 4.74 Å². The predicted octanol–water partition coefficient (Wildman–Crippen LogP) is 7.26. The van der Waals surface area contributed by atoms with Gasteiger partial charge >= 0.3 is 0 Å². The number of benzene rings is 3. The third kappa shape index (κ3) is 5.71. The summed E-state index contributed by atoms with van der Waals surface area (Å²) in [4.78, 5) is 2.56. The van der Waals surface area contributed by atoms with E-state index in [0.717, 1.165) is 29.2 Å². The molecule has 3 heteroatoms. The molecule has 2 atom stereocenters. The van der Waals surface area contributed by atoms with Gasteiger partial charge in [-0.2, -0.15) is 0 Å². The molecule has 0 amide bonds. The molecule has 0 spiro atoms. The van der Waals surface area contributed by atoms with Crippen molar-refractivity contribution < 1.29 is 9.84 Å². The Kier molecular flexibility index (Phi) is 8.08. The summed E-state index contributed by atoms with van der Waals surface area (Å²) < 4.78 is 6.19. The number of ether oxygens (including phenoxy) is 1. The van der Waals surface area contributed by atoms with Gasteiger partial charge in [0.1, 0.15) is 18.1 Å². The maximum atomic E-state index is 9.83. The molecular formula is C31H37NO2. The summed E-state index contributed by atoms with van der Waals surface area (Å²) in [5.74, 6) is 2.02. The van der Waals surface area contributed by atoms with Gasteiger partial charge < -0.3 is 9.84 Å². The van der Waals surface area contributed by atoms with Crippen molar-refractivity contribution in [1.82, 2.24) is 4.90 Å². The first-order chi connectivity index (χ1) is 16.6. The Bertz CT molecular complexity index is 1070. The lowest BCUT2D eigenvalue weighted by Gasteiger charge is -2.24. The smallest absolute Gasteiger partial charge is 0.119 e. The quantitative estimate of drug-likeness (QED) is 0.345. The highest BCUT2D eigenvalue weighted by Gasteiger charge is 2.25. The van der Waals surface area contributed by atoms with Crippen molar-refractivity contribution in [2.75, 3.05) is 19.7 Å². The van der Waals surface area contributed by atoms with Crippen molar-refractivity contribution in [3.8, 4) is 11.5 Å². The monoisotopic (exact) mass is 455 g/mol. The van der Waals surface area contributed by atoms with Crippen molar-refractivity contribution in [2.45, 2.75) is 46.1 Å². The van der Waals surface area contributed by atoms with Crippen LogP contribution in [0.1, 0.15) is 56.7 Å². The molecule has 0 aliphatic carbocycles. The topological polar surface area (TPSA) is 32.7 Å². The fraction of sp³-hybridized carbons (Fsp3) is 0.355. The highest BCUT2D eigenvalue weighted by Crippen LogP contribution is 2.35. The Hall–Kier alpha value is -3.04. The zero-order valence-electron chi connectivity index (χ0n) is 20.7. The number of hydrogen-bond donors (Lipinski definition) is 1. The summed E-state index contributed by atoms with van der Waals surface area (Å²) in [7, 11) is 0. The Labute approximate surface area is 204 Å². The lowest BCUT2D eigenvalue weighted by molar-refractivity contribution is 0.168. The van der Waals surface area contributed by atoms with Crippen LogP contribution in [0.15, 0.2) is 78.9 Å². The number of aromatic hydroxyl groups is 1. The van der Waals surface area contributed by atoms with E-state index in [1.165, 1.54) is 42.6 Å². The maximum absolute atomic E-state index is 9.83. The van der Waals surface area contributed by atoms with Crippen LogP contribution in [0.5, 0.6) is 11.5 Å². The van der Waals surface area contributed by atoms with Gasteiger partial charge in [0, 0.05) is 12.6 Å². The molecule has 3 nitrogen and oxygen atoms in total. The maximum Gasteiger partial charge on any atom is 0.119 e. The molecule has 1 saturated heterocycles. The summed E-state index contributed by atoms with van der Waals surface area (Å²) in [6.45, 7) is 9.84. The minimum absolute atomic E-state index is 0.280. The average Bonchev–Trinajstić information content (AvgIpc) is 3.37. The second kappa shape index (κ2) is 11.4. The number of hydrogen-bond acceptors (Lipinski definition) is 3. The first kappa shape index (κ1) is 24.1. The van der Waals surface area contributed by atoms with Gasteiger partial charge in [-0.25, -0.2) is 0 Å². The van der Waals surface area contributed by atoms with Crippen molar-refractivity contribution >= 4 is 11.1 Å². The molecular weight excluding hydrogens is 418 g/mol. The molecule has 1 heterocycles. The largest absolute Gasteiger partial charge is 0.508 e. The van der Waals surface area contributed by atoms with Gasteiger partial charge in [-0.15, -0.1) is 0 Å². The Morgan fingerprint density at radius 2 is 1.56 bits per heavy atom. The highest BCUT2D eigenvalue weighted by molar-refractivity contribution is 5.98. The van der Waals surface area contributed by atoms with Gasteiger partial charge in [0.2, 0.25) is 0 Å². The summed E-state index contributed by atoms with van der Waals surface area (Å²) in [5, 5.41) is 9.83. The van der Waals surface area contributed by atoms with Crippen LogP contribution in [-0.4, -0.2) is 35.7 Å². The zero-order chi connectivity index (χ0) is 23.9.